The first-order valence-corrected chi connectivity index (χ1v) is 8.90. The Morgan fingerprint density at radius 3 is 2.57 bits per heavy atom. The van der Waals surface area contributed by atoms with Crippen LogP contribution < -0.4 is 10.6 Å². The van der Waals surface area contributed by atoms with E-state index in [1.165, 1.54) is 19.3 Å². The third kappa shape index (κ3) is 4.92. The number of hydrogen-bond acceptors (Lipinski definition) is 4. The van der Waals surface area contributed by atoms with E-state index in [-0.39, 0.29) is 0 Å². The van der Waals surface area contributed by atoms with E-state index in [0.717, 1.165) is 38.8 Å². The molecule has 124 valence electrons. The second-order valence-corrected chi connectivity index (χ2v) is 7.22. The number of rotatable bonds is 7. The molecule has 2 fully saturated rings. The van der Waals surface area contributed by atoms with Gasteiger partial charge in [0.2, 0.25) is 0 Å². The molecular weight excluding hydrogens is 262 g/mol. The lowest BCUT2D eigenvalue weighted by Crippen LogP contribution is -2.52. The Kier molecular flexibility index (Phi) is 6.93. The number of nitrogens with one attached hydrogen (secondary N) is 2. The molecule has 0 amide bonds. The van der Waals surface area contributed by atoms with Crippen LogP contribution in [0, 0.1) is 5.92 Å². The molecule has 1 aliphatic heterocycles. The van der Waals surface area contributed by atoms with Gasteiger partial charge in [0.15, 0.2) is 0 Å². The van der Waals surface area contributed by atoms with Gasteiger partial charge in [-0.25, -0.2) is 0 Å². The summed E-state index contributed by atoms with van der Waals surface area (Å²) in [5.41, 5.74) is 0. The van der Waals surface area contributed by atoms with Crippen molar-refractivity contribution in [3.63, 3.8) is 0 Å². The molecule has 3 atom stereocenters. The number of morpholine rings is 1. The third-order valence-corrected chi connectivity index (χ3v) is 5.14. The molecule has 0 spiro atoms. The predicted molar refractivity (Wildman–Crippen MR) is 88.7 cm³/mol. The standard InChI is InChI=1S/C17H35N3O/c1-13(2)20(14(3)4)10-8-18-16-7-5-6-15(16)17-12-21-11-9-19-17/h13-19H,5-12H2,1-4H3. The minimum atomic E-state index is 0.560. The highest BCUT2D eigenvalue weighted by atomic mass is 16.5. The second kappa shape index (κ2) is 8.47. The fourth-order valence-electron chi connectivity index (χ4n) is 4.08. The maximum Gasteiger partial charge on any atom is 0.0623 e. The minimum Gasteiger partial charge on any atom is -0.379 e. The number of ether oxygens (including phenoxy) is 1. The van der Waals surface area contributed by atoms with Gasteiger partial charge in [-0.15, -0.1) is 0 Å². The van der Waals surface area contributed by atoms with Gasteiger partial charge < -0.3 is 15.4 Å². The lowest BCUT2D eigenvalue weighted by Gasteiger charge is -2.34. The highest BCUT2D eigenvalue weighted by Crippen LogP contribution is 2.29. The largest absolute Gasteiger partial charge is 0.379 e. The normalized spacial score (nSPS) is 30.7. The van der Waals surface area contributed by atoms with Gasteiger partial charge in [0.05, 0.1) is 13.2 Å². The van der Waals surface area contributed by atoms with Crippen molar-refractivity contribution >= 4 is 0 Å². The smallest absolute Gasteiger partial charge is 0.0623 e. The molecule has 0 aromatic heterocycles. The topological polar surface area (TPSA) is 36.5 Å². The summed E-state index contributed by atoms with van der Waals surface area (Å²) in [6, 6.07) is 2.48. The SMILES string of the molecule is CC(C)N(CCNC1CCCC1C1COCCN1)C(C)C. The van der Waals surface area contributed by atoms with Gasteiger partial charge in [0.25, 0.3) is 0 Å². The van der Waals surface area contributed by atoms with Crippen LogP contribution in [0.25, 0.3) is 0 Å². The van der Waals surface area contributed by atoms with Crippen LogP contribution in [0.4, 0.5) is 0 Å². The first-order chi connectivity index (χ1) is 10.1. The molecule has 1 saturated carbocycles. The molecule has 2 rings (SSSR count). The van der Waals surface area contributed by atoms with E-state index in [1.54, 1.807) is 0 Å². The summed E-state index contributed by atoms with van der Waals surface area (Å²) in [5, 5.41) is 7.48. The highest BCUT2D eigenvalue weighted by Gasteiger charge is 2.34. The molecular formula is C17H35N3O. The third-order valence-electron chi connectivity index (χ3n) is 5.14. The molecule has 0 aromatic rings. The zero-order chi connectivity index (χ0) is 15.2. The fourth-order valence-corrected chi connectivity index (χ4v) is 4.08. The van der Waals surface area contributed by atoms with Crippen molar-refractivity contribution in [3.8, 4) is 0 Å². The van der Waals surface area contributed by atoms with Crippen LogP contribution in [-0.2, 0) is 4.74 Å². The molecule has 1 heterocycles. The van der Waals surface area contributed by atoms with Crippen molar-refractivity contribution in [2.24, 2.45) is 5.92 Å². The predicted octanol–water partition coefficient (Wildman–Crippen LogP) is 1.85. The van der Waals surface area contributed by atoms with Gasteiger partial charge in [0.1, 0.15) is 0 Å². The molecule has 21 heavy (non-hydrogen) atoms. The summed E-state index contributed by atoms with van der Waals surface area (Å²) in [5.74, 6) is 0.747. The van der Waals surface area contributed by atoms with E-state index in [2.05, 4.69) is 43.2 Å². The first-order valence-electron chi connectivity index (χ1n) is 8.90. The Morgan fingerprint density at radius 2 is 1.95 bits per heavy atom. The van der Waals surface area contributed by atoms with Gasteiger partial charge >= 0.3 is 0 Å². The van der Waals surface area contributed by atoms with Crippen molar-refractivity contribution in [1.82, 2.24) is 15.5 Å². The molecule has 0 bridgehead atoms. The van der Waals surface area contributed by atoms with Gasteiger partial charge in [-0.2, -0.15) is 0 Å². The summed E-state index contributed by atoms with van der Waals surface area (Å²) in [6.07, 6.45) is 4.03. The van der Waals surface area contributed by atoms with E-state index in [4.69, 9.17) is 4.74 Å². The van der Waals surface area contributed by atoms with Crippen molar-refractivity contribution < 1.29 is 4.74 Å². The monoisotopic (exact) mass is 297 g/mol. The average molecular weight is 297 g/mol. The summed E-state index contributed by atoms with van der Waals surface area (Å²) in [7, 11) is 0. The van der Waals surface area contributed by atoms with Crippen molar-refractivity contribution in [2.75, 3.05) is 32.8 Å². The van der Waals surface area contributed by atoms with Crippen LogP contribution in [0.3, 0.4) is 0 Å². The van der Waals surface area contributed by atoms with Crippen molar-refractivity contribution in [3.05, 3.63) is 0 Å². The molecule has 3 unspecified atom stereocenters. The van der Waals surface area contributed by atoms with Gasteiger partial charge in [0, 0.05) is 43.8 Å². The Hall–Kier alpha value is -0.160. The Bertz CT molecular complexity index is 282. The Labute approximate surface area is 131 Å². The lowest BCUT2D eigenvalue weighted by atomic mass is 9.94. The molecule has 1 saturated heterocycles. The van der Waals surface area contributed by atoms with E-state index in [1.807, 2.05) is 0 Å². The average Bonchev–Trinajstić information content (AvgIpc) is 2.92. The van der Waals surface area contributed by atoms with E-state index >= 15 is 0 Å². The van der Waals surface area contributed by atoms with Crippen LogP contribution >= 0.6 is 0 Å². The van der Waals surface area contributed by atoms with E-state index in [0.29, 0.717) is 24.2 Å². The quantitative estimate of drug-likeness (QED) is 0.752. The molecule has 1 aliphatic carbocycles. The number of hydrogen-bond donors (Lipinski definition) is 2. The lowest BCUT2D eigenvalue weighted by molar-refractivity contribution is 0.0521. The van der Waals surface area contributed by atoms with E-state index < -0.39 is 0 Å². The summed E-state index contributed by atoms with van der Waals surface area (Å²) in [6.45, 7) is 14.2. The molecule has 2 N–H and O–H groups in total. The Morgan fingerprint density at radius 1 is 1.19 bits per heavy atom. The fraction of sp³-hybridized carbons (Fsp3) is 1.00. The van der Waals surface area contributed by atoms with Crippen LogP contribution in [0.5, 0.6) is 0 Å². The first kappa shape index (κ1) is 17.2. The van der Waals surface area contributed by atoms with E-state index in [9.17, 15) is 0 Å². The molecule has 2 aliphatic rings. The van der Waals surface area contributed by atoms with Gasteiger partial charge in [-0.05, 0) is 46.5 Å². The van der Waals surface area contributed by atoms with Crippen LogP contribution in [0.1, 0.15) is 47.0 Å². The summed E-state index contributed by atoms with van der Waals surface area (Å²) < 4.78 is 5.65. The minimum absolute atomic E-state index is 0.560. The van der Waals surface area contributed by atoms with Crippen LogP contribution in [-0.4, -0.2) is 61.9 Å². The summed E-state index contributed by atoms with van der Waals surface area (Å²) >= 11 is 0. The molecule has 4 heteroatoms. The second-order valence-electron chi connectivity index (χ2n) is 7.22. The Balaban J connectivity index is 1.76. The highest BCUT2D eigenvalue weighted by molar-refractivity contribution is 4.92. The maximum absolute atomic E-state index is 5.65. The van der Waals surface area contributed by atoms with Gasteiger partial charge in [-0.1, -0.05) is 6.42 Å². The van der Waals surface area contributed by atoms with Crippen LogP contribution in [0.2, 0.25) is 0 Å². The zero-order valence-electron chi connectivity index (χ0n) is 14.4. The molecule has 0 aromatic carbocycles. The van der Waals surface area contributed by atoms with Crippen LogP contribution in [0.15, 0.2) is 0 Å². The van der Waals surface area contributed by atoms with Crippen molar-refractivity contribution in [1.29, 1.82) is 0 Å². The maximum atomic E-state index is 5.65. The zero-order valence-corrected chi connectivity index (χ0v) is 14.4. The van der Waals surface area contributed by atoms with Crippen molar-refractivity contribution in [2.45, 2.75) is 71.1 Å². The molecule has 0 radical (unpaired) electrons. The summed E-state index contributed by atoms with van der Waals surface area (Å²) in [4.78, 5) is 2.57. The number of nitrogens with zero attached hydrogens (tertiary/aromatic N) is 1. The van der Waals surface area contributed by atoms with Gasteiger partial charge in [-0.3, -0.25) is 4.90 Å². The molecule has 4 nitrogen and oxygen atoms in total.